The minimum absolute atomic E-state index is 0.571. The molecule has 0 unspecified atom stereocenters. The Labute approximate surface area is 163 Å². The number of aliphatic imine (C=N–C) groups is 1. The van der Waals surface area contributed by atoms with Crippen LogP contribution >= 0.6 is 11.3 Å². The molecule has 0 radical (unpaired) electrons. The highest BCUT2D eigenvalue weighted by atomic mass is 32.1. The quantitative estimate of drug-likeness (QED) is 0.484. The fourth-order valence-corrected chi connectivity index (χ4v) is 3.47. The maximum Gasteiger partial charge on any atom is 0.191 e. The molecule has 0 atom stereocenters. The molecule has 0 aliphatic carbocycles. The lowest BCUT2D eigenvalue weighted by Crippen LogP contribution is -2.38. The molecule has 0 spiro atoms. The molecule has 3 rings (SSSR count). The van der Waals surface area contributed by atoms with Gasteiger partial charge in [-0.15, -0.1) is 11.3 Å². The fourth-order valence-electron chi connectivity index (χ4n) is 2.53. The lowest BCUT2D eigenvalue weighted by Gasteiger charge is -2.11. The summed E-state index contributed by atoms with van der Waals surface area (Å²) < 4.78 is 1.74. The molecule has 142 valence electrons. The van der Waals surface area contributed by atoms with Crippen molar-refractivity contribution < 1.29 is 0 Å². The monoisotopic (exact) mass is 383 g/mol. The average Bonchev–Trinajstić information content (AvgIpc) is 3.30. The number of hydrogen-bond acceptors (Lipinski definition) is 5. The summed E-state index contributed by atoms with van der Waals surface area (Å²) in [5.41, 5.74) is 2.21. The standard InChI is InChI=1S/C19H25N7S/c1-4-20-19(22-10-7-18-25-14(2)15(3)27-18)23-13-16-6-9-21-17(12-16)26-11-5-8-24-26/h5-6,8-9,11-12H,4,7,10,13H2,1-3H3,(H2,20,22,23). The molecule has 2 N–H and O–H groups in total. The highest BCUT2D eigenvalue weighted by molar-refractivity contribution is 7.11. The van der Waals surface area contributed by atoms with Gasteiger partial charge in [-0.2, -0.15) is 5.10 Å². The molecule has 3 aromatic rings. The largest absolute Gasteiger partial charge is 0.357 e. The molecule has 0 aliphatic rings. The van der Waals surface area contributed by atoms with Crippen molar-refractivity contribution in [1.82, 2.24) is 30.4 Å². The van der Waals surface area contributed by atoms with E-state index in [1.54, 1.807) is 28.4 Å². The second kappa shape index (κ2) is 9.27. The highest BCUT2D eigenvalue weighted by Gasteiger charge is 2.05. The molecular formula is C19H25N7S. The Morgan fingerprint density at radius 3 is 2.85 bits per heavy atom. The van der Waals surface area contributed by atoms with Gasteiger partial charge in [0.15, 0.2) is 11.8 Å². The van der Waals surface area contributed by atoms with Crippen molar-refractivity contribution in [3.05, 3.63) is 57.9 Å². The van der Waals surface area contributed by atoms with E-state index in [2.05, 4.69) is 51.5 Å². The SMILES string of the molecule is CCNC(=NCc1ccnc(-n2cccn2)c1)NCCc1nc(C)c(C)s1. The van der Waals surface area contributed by atoms with Crippen LogP contribution in [-0.2, 0) is 13.0 Å². The van der Waals surface area contributed by atoms with E-state index >= 15 is 0 Å². The zero-order valence-corrected chi connectivity index (χ0v) is 16.8. The van der Waals surface area contributed by atoms with Gasteiger partial charge in [0, 0.05) is 43.0 Å². The average molecular weight is 384 g/mol. The van der Waals surface area contributed by atoms with Crippen LogP contribution in [-0.4, -0.2) is 38.8 Å². The molecule has 27 heavy (non-hydrogen) atoms. The van der Waals surface area contributed by atoms with Crippen LogP contribution in [0, 0.1) is 13.8 Å². The summed E-state index contributed by atoms with van der Waals surface area (Å²) in [6.45, 7) is 8.42. The van der Waals surface area contributed by atoms with Crippen molar-refractivity contribution in [3.8, 4) is 5.82 Å². The maximum absolute atomic E-state index is 4.68. The minimum Gasteiger partial charge on any atom is -0.357 e. The van der Waals surface area contributed by atoms with Crippen LogP contribution in [0.5, 0.6) is 0 Å². The predicted molar refractivity (Wildman–Crippen MR) is 109 cm³/mol. The summed E-state index contributed by atoms with van der Waals surface area (Å²) in [4.78, 5) is 14.9. The third kappa shape index (κ3) is 5.37. The first-order valence-electron chi connectivity index (χ1n) is 9.05. The molecule has 0 saturated carbocycles. The summed E-state index contributed by atoms with van der Waals surface area (Å²) in [5, 5.41) is 12.0. The van der Waals surface area contributed by atoms with E-state index in [0.29, 0.717) is 6.54 Å². The van der Waals surface area contributed by atoms with Crippen molar-refractivity contribution >= 4 is 17.3 Å². The second-order valence-electron chi connectivity index (χ2n) is 6.09. The van der Waals surface area contributed by atoms with E-state index in [9.17, 15) is 0 Å². The van der Waals surface area contributed by atoms with Crippen LogP contribution in [0.2, 0.25) is 0 Å². The topological polar surface area (TPSA) is 80.0 Å². The van der Waals surface area contributed by atoms with Gasteiger partial charge in [0.1, 0.15) is 0 Å². The Morgan fingerprint density at radius 2 is 2.15 bits per heavy atom. The van der Waals surface area contributed by atoms with E-state index in [-0.39, 0.29) is 0 Å². The van der Waals surface area contributed by atoms with Gasteiger partial charge >= 0.3 is 0 Å². The highest BCUT2D eigenvalue weighted by Crippen LogP contribution is 2.16. The zero-order chi connectivity index (χ0) is 19.1. The molecular weight excluding hydrogens is 358 g/mol. The van der Waals surface area contributed by atoms with E-state index < -0.39 is 0 Å². The number of guanidine groups is 1. The summed E-state index contributed by atoms with van der Waals surface area (Å²) in [5.74, 6) is 1.60. The van der Waals surface area contributed by atoms with E-state index in [4.69, 9.17) is 0 Å². The molecule has 0 aliphatic heterocycles. The number of nitrogens with zero attached hydrogens (tertiary/aromatic N) is 5. The Bertz CT molecular complexity index is 864. The fraction of sp³-hybridized carbons (Fsp3) is 0.368. The van der Waals surface area contributed by atoms with Crippen LogP contribution in [0.15, 0.2) is 41.8 Å². The van der Waals surface area contributed by atoms with Gasteiger partial charge in [0.05, 0.1) is 17.2 Å². The normalized spacial score (nSPS) is 11.6. The van der Waals surface area contributed by atoms with Crippen molar-refractivity contribution in [3.63, 3.8) is 0 Å². The maximum atomic E-state index is 4.68. The van der Waals surface area contributed by atoms with E-state index in [1.165, 1.54) is 4.88 Å². The Balaban J connectivity index is 1.59. The number of aromatic nitrogens is 4. The predicted octanol–water partition coefficient (Wildman–Crippen LogP) is 2.64. The van der Waals surface area contributed by atoms with E-state index in [1.807, 2.05) is 24.4 Å². The first-order valence-corrected chi connectivity index (χ1v) is 9.87. The van der Waals surface area contributed by atoms with Gasteiger partial charge in [0.2, 0.25) is 0 Å². The molecule has 7 nitrogen and oxygen atoms in total. The van der Waals surface area contributed by atoms with Gasteiger partial charge in [-0.25, -0.2) is 19.6 Å². The zero-order valence-electron chi connectivity index (χ0n) is 15.9. The molecule has 0 bridgehead atoms. The lowest BCUT2D eigenvalue weighted by molar-refractivity contribution is 0.794. The minimum atomic E-state index is 0.571. The summed E-state index contributed by atoms with van der Waals surface area (Å²) in [7, 11) is 0. The number of pyridine rings is 1. The molecule has 3 heterocycles. The Kier molecular flexibility index (Phi) is 6.54. The third-order valence-corrected chi connectivity index (χ3v) is 5.15. The molecule has 0 amide bonds. The van der Waals surface area contributed by atoms with Gasteiger partial charge < -0.3 is 10.6 Å². The van der Waals surface area contributed by atoms with Crippen LogP contribution in [0.4, 0.5) is 0 Å². The van der Waals surface area contributed by atoms with Crippen molar-refractivity contribution in [2.45, 2.75) is 33.7 Å². The van der Waals surface area contributed by atoms with E-state index in [0.717, 1.165) is 47.6 Å². The molecule has 3 aromatic heterocycles. The Morgan fingerprint density at radius 1 is 1.26 bits per heavy atom. The molecule has 0 fully saturated rings. The summed E-state index contributed by atoms with van der Waals surface area (Å²) >= 11 is 1.76. The molecule has 0 aromatic carbocycles. The number of hydrogen-bond donors (Lipinski definition) is 2. The van der Waals surface area contributed by atoms with Gasteiger partial charge in [-0.1, -0.05) is 0 Å². The van der Waals surface area contributed by atoms with Crippen LogP contribution in [0.25, 0.3) is 5.82 Å². The number of thiazole rings is 1. The summed E-state index contributed by atoms with van der Waals surface area (Å²) in [6, 6.07) is 5.85. The van der Waals surface area contributed by atoms with Crippen molar-refractivity contribution in [2.75, 3.05) is 13.1 Å². The van der Waals surface area contributed by atoms with Crippen LogP contribution in [0.1, 0.15) is 28.1 Å². The second-order valence-corrected chi connectivity index (χ2v) is 7.38. The Hall–Kier alpha value is -2.74. The van der Waals surface area contributed by atoms with Crippen molar-refractivity contribution in [2.24, 2.45) is 4.99 Å². The van der Waals surface area contributed by atoms with Gasteiger partial charge in [-0.3, -0.25) is 0 Å². The summed E-state index contributed by atoms with van der Waals surface area (Å²) in [6.07, 6.45) is 6.30. The number of aryl methyl sites for hydroxylation is 2. The number of rotatable bonds is 7. The third-order valence-electron chi connectivity index (χ3n) is 4.02. The molecule has 8 heteroatoms. The number of nitrogens with one attached hydrogen (secondary N) is 2. The van der Waals surface area contributed by atoms with Crippen LogP contribution < -0.4 is 10.6 Å². The molecule has 0 saturated heterocycles. The first-order chi connectivity index (χ1) is 13.2. The first kappa shape index (κ1) is 19.0. The van der Waals surface area contributed by atoms with Crippen LogP contribution in [0.3, 0.4) is 0 Å². The van der Waals surface area contributed by atoms with Gasteiger partial charge in [-0.05, 0) is 44.5 Å². The lowest BCUT2D eigenvalue weighted by atomic mass is 10.2. The van der Waals surface area contributed by atoms with Crippen molar-refractivity contribution in [1.29, 1.82) is 0 Å². The smallest absolute Gasteiger partial charge is 0.191 e. The van der Waals surface area contributed by atoms with Gasteiger partial charge in [0.25, 0.3) is 0 Å².